The Kier molecular flexibility index (Phi) is 7.35. The molecule has 2 amide bonds. The van der Waals surface area contributed by atoms with Crippen molar-refractivity contribution >= 4 is 33.8 Å². The van der Waals surface area contributed by atoms with Gasteiger partial charge in [0.05, 0.1) is 30.4 Å². The van der Waals surface area contributed by atoms with Crippen molar-refractivity contribution in [3.63, 3.8) is 0 Å². The van der Waals surface area contributed by atoms with Gasteiger partial charge in [-0.15, -0.1) is 0 Å². The lowest BCUT2D eigenvalue weighted by Crippen LogP contribution is -2.50. The lowest BCUT2D eigenvalue weighted by molar-refractivity contribution is -0.122. The summed E-state index contributed by atoms with van der Waals surface area (Å²) < 4.78 is 24.6. The van der Waals surface area contributed by atoms with Crippen LogP contribution in [0.25, 0.3) is 33.5 Å². The molecule has 0 radical (unpaired) electrons. The van der Waals surface area contributed by atoms with Gasteiger partial charge in [-0.3, -0.25) is 9.59 Å². The molecule has 3 heterocycles. The predicted molar refractivity (Wildman–Crippen MR) is 168 cm³/mol. The number of nitrogens with two attached hydrogens (primary N) is 1. The maximum atomic E-state index is 14.3. The number of rotatable bonds is 8. The minimum absolute atomic E-state index is 0.0392. The molecule has 2 aromatic carbocycles. The van der Waals surface area contributed by atoms with Gasteiger partial charge in [-0.05, 0) is 73.6 Å². The average molecular weight is 601 g/mol. The summed E-state index contributed by atoms with van der Waals surface area (Å²) in [6.07, 6.45) is 4.20. The first kappa shape index (κ1) is 28.8. The summed E-state index contributed by atoms with van der Waals surface area (Å²) in [6.45, 7) is 1.29. The van der Waals surface area contributed by atoms with E-state index in [1.165, 1.54) is 34.2 Å². The fourth-order valence-corrected chi connectivity index (χ4v) is 7.38. The van der Waals surface area contributed by atoms with Crippen LogP contribution in [0.4, 0.5) is 4.39 Å². The van der Waals surface area contributed by atoms with Gasteiger partial charge in [0.15, 0.2) is 5.82 Å². The predicted octanol–water partition coefficient (Wildman–Crippen LogP) is 4.75. The highest BCUT2D eigenvalue weighted by atomic mass is 19.1. The highest BCUT2D eigenvalue weighted by Crippen LogP contribution is 2.47. The summed E-state index contributed by atoms with van der Waals surface area (Å²) in [7, 11) is 5.28. The second kappa shape index (κ2) is 11.2. The average Bonchev–Trinajstić information content (AvgIpc) is 3.65. The molecule has 3 N–H and O–H groups in total. The number of hydrogen-bond donors (Lipinski definition) is 2. The van der Waals surface area contributed by atoms with Crippen molar-refractivity contribution in [3.05, 3.63) is 47.5 Å². The number of ether oxygens (including phenoxy) is 1. The van der Waals surface area contributed by atoms with E-state index in [-0.39, 0.29) is 30.8 Å². The standard InChI is InChI=1S/C34H41FN6O3/c1-37-30(42)11-20-9-22(10-20)26-6-4-5-21-13-28(41(31(21)26)16-19-7-8-19)33-38-27-12-23(14-29(44-3)32(27)39(33)2)34(43)40-17-24(35)15-25(36)18-40/h4-6,12-14,19-20,22,24-25H,7-11,15-18,36H2,1-3H3,(H,37,42)/t20?,22?,24-,25-/m1/s1. The van der Waals surface area contributed by atoms with Crippen LogP contribution in [0, 0.1) is 11.8 Å². The van der Waals surface area contributed by atoms with Gasteiger partial charge in [0, 0.05) is 50.6 Å². The van der Waals surface area contributed by atoms with Crippen LogP contribution < -0.4 is 15.8 Å². The molecule has 1 aliphatic heterocycles. The van der Waals surface area contributed by atoms with Crippen molar-refractivity contribution in [1.82, 2.24) is 24.3 Å². The van der Waals surface area contributed by atoms with E-state index in [2.05, 4.69) is 38.7 Å². The molecule has 1 saturated heterocycles. The molecule has 0 unspecified atom stereocenters. The Morgan fingerprint density at radius 1 is 1.09 bits per heavy atom. The highest BCUT2D eigenvalue weighted by Gasteiger charge is 2.35. The van der Waals surface area contributed by atoms with Crippen LogP contribution >= 0.6 is 0 Å². The van der Waals surface area contributed by atoms with E-state index >= 15 is 0 Å². The summed E-state index contributed by atoms with van der Waals surface area (Å²) in [5.74, 6) is 2.69. The molecular weight excluding hydrogens is 559 g/mol. The summed E-state index contributed by atoms with van der Waals surface area (Å²) in [6, 6.07) is 11.9. The number of benzene rings is 2. The molecule has 2 aromatic heterocycles. The molecule has 232 valence electrons. The number of aromatic nitrogens is 3. The zero-order valence-corrected chi connectivity index (χ0v) is 25.7. The van der Waals surface area contributed by atoms with Crippen molar-refractivity contribution < 1.29 is 18.7 Å². The summed E-state index contributed by atoms with van der Waals surface area (Å²) >= 11 is 0. The van der Waals surface area contributed by atoms with Crippen LogP contribution in [0.3, 0.4) is 0 Å². The van der Waals surface area contributed by atoms with Gasteiger partial charge in [0.2, 0.25) is 5.91 Å². The third-order valence-electron chi connectivity index (χ3n) is 9.87. The van der Waals surface area contributed by atoms with Crippen molar-refractivity contribution in [2.75, 3.05) is 27.2 Å². The number of alkyl halides is 1. The Labute approximate surface area is 256 Å². The van der Waals surface area contributed by atoms with Crippen molar-refractivity contribution in [1.29, 1.82) is 0 Å². The molecule has 4 aromatic rings. The van der Waals surface area contributed by atoms with Gasteiger partial charge >= 0.3 is 0 Å². The molecule has 2 aliphatic carbocycles. The number of nitrogens with one attached hydrogen (secondary N) is 1. The normalized spacial score (nSPS) is 23.6. The number of likely N-dealkylation sites (tertiary alicyclic amines) is 1. The second-order valence-electron chi connectivity index (χ2n) is 13.1. The number of hydrogen-bond acceptors (Lipinski definition) is 5. The third kappa shape index (κ3) is 5.12. The molecule has 2 saturated carbocycles. The smallest absolute Gasteiger partial charge is 0.254 e. The number of nitrogens with zero attached hydrogens (tertiary/aromatic N) is 4. The van der Waals surface area contributed by atoms with Gasteiger partial charge in [-0.25, -0.2) is 9.37 Å². The lowest BCUT2D eigenvalue weighted by Gasteiger charge is -2.36. The van der Waals surface area contributed by atoms with E-state index in [9.17, 15) is 14.0 Å². The molecule has 0 spiro atoms. The van der Waals surface area contributed by atoms with Gasteiger partial charge in [-0.1, -0.05) is 18.2 Å². The Morgan fingerprint density at radius 2 is 1.89 bits per heavy atom. The fourth-order valence-electron chi connectivity index (χ4n) is 7.38. The van der Waals surface area contributed by atoms with Crippen LogP contribution in [0.1, 0.15) is 60.4 Å². The molecule has 44 heavy (non-hydrogen) atoms. The second-order valence-corrected chi connectivity index (χ2v) is 13.1. The maximum Gasteiger partial charge on any atom is 0.254 e. The minimum atomic E-state index is -1.13. The molecule has 9 nitrogen and oxygen atoms in total. The van der Waals surface area contributed by atoms with Crippen LogP contribution in [-0.4, -0.2) is 70.3 Å². The summed E-state index contributed by atoms with van der Waals surface area (Å²) in [5.41, 5.74) is 11.5. The van der Waals surface area contributed by atoms with Crippen molar-refractivity contribution in [2.24, 2.45) is 24.6 Å². The van der Waals surface area contributed by atoms with E-state index in [1.54, 1.807) is 26.3 Å². The Bertz CT molecular complexity index is 1740. The number of methoxy groups -OCH3 is 1. The SMILES string of the molecule is CNC(=O)CC1CC(c2cccc3cc(-c4nc5cc(C(=O)N6C[C@H](N)C[C@@H](F)C6)cc(OC)c5n4C)n(CC4CC4)c23)C1. The minimum Gasteiger partial charge on any atom is -0.494 e. The molecule has 3 aliphatic rings. The molecule has 3 fully saturated rings. The number of amides is 2. The fraction of sp³-hybridized carbons (Fsp3) is 0.500. The van der Waals surface area contributed by atoms with Crippen LogP contribution in [-0.2, 0) is 18.4 Å². The van der Waals surface area contributed by atoms with E-state index in [4.69, 9.17) is 15.5 Å². The van der Waals surface area contributed by atoms with Gasteiger partial charge in [-0.2, -0.15) is 0 Å². The number of fused-ring (bicyclic) bond motifs is 2. The zero-order chi connectivity index (χ0) is 30.7. The molecule has 2 atom stereocenters. The highest BCUT2D eigenvalue weighted by molar-refractivity contribution is 6.00. The zero-order valence-electron chi connectivity index (χ0n) is 25.7. The van der Waals surface area contributed by atoms with E-state index in [1.807, 2.05) is 7.05 Å². The number of piperidine rings is 1. The summed E-state index contributed by atoms with van der Waals surface area (Å²) in [4.78, 5) is 32.0. The topological polar surface area (TPSA) is 107 Å². The first-order valence-electron chi connectivity index (χ1n) is 15.8. The largest absolute Gasteiger partial charge is 0.494 e. The number of aryl methyl sites for hydroxylation is 1. The molecule has 0 bridgehead atoms. The van der Waals surface area contributed by atoms with Gasteiger partial charge in [0.1, 0.15) is 17.4 Å². The van der Waals surface area contributed by atoms with Gasteiger partial charge in [0.25, 0.3) is 5.91 Å². The van der Waals surface area contributed by atoms with Crippen LogP contribution in [0.5, 0.6) is 5.75 Å². The van der Waals surface area contributed by atoms with Gasteiger partial charge < -0.3 is 29.8 Å². The Morgan fingerprint density at radius 3 is 2.59 bits per heavy atom. The molecule has 10 heteroatoms. The quantitative estimate of drug-likeness (QED) is 0.304. The number of imidazole rings is 1. The molecular formula is C34H41FN6O3. The first-order chi connectivity index (χ1) is 21.2. The van der Waals surface area contributed by atoms with Crippen LogP contribution in [0.2, 0.25) is 0 Å². The monoisotopic (exact) mass is 600 g/mol. The van der Waals surface area contributed by atoms with Crippen LogP contribution in [0.15, 0.2) is 36.4 Å². The number of carbonyl (C=O) groups is 2. The molecule has 7 rings (SSSR count). The third-order valence-corrected chi connectivity index (χ3v) is 9.87. The summed E-state index contributed by atoms with van der Waals surface area (Å²) in [5, 5.41) is 3.94. The Balaban J connectivity index is 1.29. The van der Waals surface area contributed by atoms with E-state index in [0.717, 1.165) is 36.4 Å². The van der Waals surface area contributed by atoms with Crippen molar-refractivity contribution in [3.8, 4) is 17.3 Å². The number of carbonyl (C=O) groups excluding carboxylic acids is 2. The maximum absolute atomic E-state index is 14.3. The first-order valence-corrected chi connectivity index (χ1v) is 15.8. The Hall–Kier alpha value is -3.92. The van der Waals surface area contributed by atoms with Crippen molar-refractivity contribution in [2.45, 2.75) is 63.2 Å². The number of para-hydroxylation sites is 1. The van der Waals surface area contributed by atoms with E-state index in [0.29, 0.717) is 47.5 Å². The van der Waals surface area contributed by atoms with E-state index < -0.39 is 6.17 Å². The lowest BCUT2D eigenvalue weighted by atomic mass is 9.69. The number of halogens is 1.